The summed E-state index contributed by atoms with van der Waals surface area (Å²) in [6.45, 7) is 4.10. The number of ether oxygens (including phenoxy) is 1. The van der Waals surface area contributed by atoms with E-state index >= 15 is 0 Å². The first-order valence-corrected chi connectivity index (χ1v) is 8.14. The lowest BCUT2D eigenvalue weighted by Crippen LogP contribution is -2.21. The van der Waals surface area contributed by atoms with E-state index in [1.165, 1.54) is 0 Å². The fourth-order valence-corrected chi connectivity index (χ4v) is 2.49. The Labute approximate surface area is 139 Å². The van der Waals surface area contributed by atoms with Crippen molar-refractivity contribution in [3.63, 3.8) is 0 Å². The molecule has 0 fully saturated rings. The molecule has 1 unspecified atom stereocenters. The normalized spacial score (nSPS) is 12.2. The van der Waals surface area contributed by atoms with E-state index in [2.05, 4.69) is 22.9 Å². The molecule has 0 bridgehead atoms. The summed E-state index contributed by atoms with van der Waals surface area (Å²) in [5, 5.41) is 0.699. The predicted octanol–water partition coefficient (Wildman–Crippen LogP) is 5.48. The lowest BCUT2D eigenvalue weighted by molar-refractivity contribution is 0.482. The number of hydrogen-bond donors (Lipinski definition) is 1. The van der Waals surface area contributed by atoms with Crippen LogP contribution < -0.4 is 10.5 Å². The second kappa shape index (κ2) is 7.30. The molecule has 0 aliphatic rings. The molecular formula is C17H19BrClNO. The first-order valence-electron chi connectivity index (χ1n) is 6.97. The standard InChI is InChI=1S/C17H19BrClNO/c1-3-13(20)9-12-4-5-15(10-17(12)19)21-14-6-7-16(18)11(2)8-14/h4-8,10,13H,3,9,20H2,1-2H3. The summed E-state index contributed by atoms with van der Waals surface area (Å²) >= 11 is 9.79. The second-order valence-corrected chi connectivity index (χ2v) is 6.40. The summed E-state index contributed by atoms with van der Waals surface area (Å²) in [5.41, 5.74) is 8.16. The molecule has 0 heterocycles. The third kappa shape index (κ3) is 4.47. The summed E-state index contributed by atoms with van der Waals surface area (Å²) in [4.78, 5) is 0. The topological polar surface area (TPSA) is 35.2 Å². The summed E-state index contributed by atoms with van der Waals surface area (Å²) in [5.74, 6) is 1.53. The Bertz CT molecular complexity index is 630. The fraction of sp³-hybridized carbons (Fsp3) is 0.294. The molecule has 1 atom stereocenters. The Morgan fingerprint density at radius 3 is 2.48 bits per heavy atom. The van der Waals surface area contributed by atoms with Gasteiger partial charge in [0, 0.05) is 15.5 Å². The molecule has 0 saturated carbocycles. The van der Waals surface area contributed by atoms with E-state index in [4.69, 9.17) is 22.1 Å². The van der Waals surface area contributed by atoms with Gasteiger partial charge < -0.3 is 10.5 Å². The molecule has 4 heteroatoms. The summed E-state index contributed by atoms with van der Waals surface area (Å²) < 4.78 is 6.91. The van der Waals surface area contributed by atoms with Crippen LogP contribution in [-0.2, 0) is 6.42 Å². The van der Waals surface area contributed by atoms with Crippen molar-refractivity contribution in [2.75, 3.05) is 0 Å². The minimum absolute atomic E-state index is 0.142. The van der Waals surface area contributed by atoms with Crippen molar-refractivity contribution in [1.29, 1.82) is 0 Å². The van der Waals surface area contributed by atoms with Gasteiger partial charge >= 0.3 is 0 Å². The molecule has 0 spiro atoms. The minimum atomic E-state index is 0.142. The molecule has 2 aromatic rings. The van der Waals surface area contributed by atoms with Crippen LogP contribution in [0.3, 0.4) is 0 Å². The number of halogens is 2. The van der Waals surface area contributed by atoms with E-state index in [9.17, 15) is 0 Å². The first-order chi connectivity index (χ1) is 9.99. The van der Waals surface area contributed by atoms with E-state index < -0.39 is 0 Å². The quantitative estimate of drug-likeness (QED) is 0.758. The van der Waals surface area contributed by atoms with Gasteiger partial charge in [0.15, 0.2) is 0 Å². The highest BCUT2D eigenvalue weighted by Crippen LogP contribution is 2.29. The van der Waals surface area contributed by atoms with E-state index in [1.807, 2.05) is 43.3 Å². The molecule has 2 aromatic carbocycles. The van der Waals surface area contributed by atoms with Crippen LogP contribution in [0.25, 0.3) is 0 Å². The molecule has 0 aromatic heterocycles. The maximum absolute atomic E-state index is 6.31. The number of benzene rings is 2. The molecule has 0 saturated heterocycles. The van der Waals surface area contributed by atoms with Gasteiger partial charge in [-0.2, -0.15) is 0 Å². The van der Waals surface area contributed by atoms with Gasteiger partial charge in [0.05, 0.1) is 0 Å². The number of hydrogen-bond acceptors (Lipinski definition) is 2. The van der Waals surface area contributed by atoms with Gasteiger partial charge in [-0.3, -0.25) is 0 Å². The van der Waals surface area contributed by atoms with Crippen molar-refractivity contribution in [3.05, 3.63) is 57.0 Å². The van der Waals surface area contributed by atoms with Gasteiger partial charge in [0.25, 0.3) is 0 Å². The van der Waals surface area contributed by atoms with Crippen LogP contribution in [0.2, 0.25) is 5.02 Å². The van der Waals surface area contributed by atoms with Gasteiger partial charge in [0.1, 0.15) is 11.5 Å². The van der Waals surface area contributed by atoms with Crippen LogP contribution in [0, 0.1) is 6.92 Å². The Morgan fingerprint density at radius 1 is 1.19 bits per heavy atom. The number of aryl methyl sites for hydroxylation is 1. The SMILES string of the molecule is CCC(N)Cc1ccc(Oc2ccc(Br)c(C)c2)cc1Cl. The monoisotopic (exact) mass is 367 g/mol. The first kappa shape index (κ1) is 16.3. The maximum Gasteiger partial charge on any atom is 0.128 e. The van der Waals surface area contributed by atoms with Crippen LogP contribution >= 0.6 is 27.5 Å². The van der Waals surface area contributed by atoms with Crippen LogP contribution in [0.1, 0.15) is 24.5 Å². The highest BCUT2D eigenvalue weighted by molar-refractivity contribution is 9.10. The zero-order chi connectivity index (χ0) is 15.4. The van der Waals surface area contributed by atoms with Gasteiger partial charge in [-0.1, -0.05) is 40.5 Å². The summed E-state index contributed by atoms with van der Waals surface area (Å²) in [7, 11) is 0. The van der Waals surface area contributed by atoms with Gasteiger partial charge in [-0.05, 0) is 61.2 Å². The lowest BCUT2D eigenvalue weighted by Gasteiger charge is -2.12. The Kier molecular flexibility index (Phi) is 5.68. The van der Waals surface area contributed by atoms with Crippen LogP contribution in [0.15, 0.2) is 40.9 Å². The van der Waals surface area contributed by atoms with E-state index in [0.717, 1.165) is 39.9 Å². The minimum Gasteiger partial charge on any atom is -0.457 e. The molecule has 0 aliphatic heterocycles. The molecule has 0 radical (unpaired) electrons. The van der Waals surface area contributed by atoms with Crippen molar-refractivity contribution in [2.45, 2.75) is 32.7 Å². The molecule has 2 nitrogen and oxygen atoms in total. The zero-order valence-electron chi connectivity index (χ0n) is 12.2. The molecular weight excluding hydrogens is 350 g/mol. The second-order valence-electron chi connectivity index (χ2n) is 5.14. The number of rotatable bonds is 5. The zero-order valence-corrected chi connectivity index (χ0v) is 14.5. The van der Waals surface area contributed by atoms with Gasteiger partial charge in [0.2, 0.25) is 0 Å². The van der Waals surface area contributed by atoms with Crippen molar-refractivity contribution in [1.82, 2.24) is 0 Å². The highest BCUT2D eigenvalue weighted by Gasteiger charge is 2.08. The molecule has 112 valence electrons. The average Bonchev–Trinajstić information content (AvgIpc) is 2.45. The number of nitrogens with two attached hydrogens (primary N) is 1. The fourth-order valence-electron chi connectivity index (χ4n) is 2.00. The molecule has 0 amide bonds. The summed E-state index contributed by atoms with van der Waals surface area (Å²) in [6.07, 6.45) is 1.72. The van der Waals surface area contributed by atoms with Gasteiger partial charge in [-0.25, -0.2) is 0 Å². The smallest absolute Gasteiger partial charge is 0.128 e. The molecule has 0 aliphatic carbocycles. The van der Waals surface area contributed by atoms with Crippen molar-refractivity contribution in [3.8, 4) is 11.5 Å². The van der Waals surface area contributed by atoms with Crippen molar-refractivity contribution in [2.24, 2.45) is 5.73 Å². The van der Waals surface area contributed by atoms with Crippen LogP contribution in [0.5, 0.6) is 11.5 Å². The average molecular weight is 369 g/mol. The third-order valence-corrected chi connectivity index (χ3v) is 4.64. The molecule has 21 heavy (non-hydrogen) atoms. The van der Waals surface area contributed by atoms with Gasteiger partial charge in [-0.15, -0.1) is 0 Å². The molecule has 2 N–H and O–H groups in total. The predicted molar refractivity (Wildman–Crippen MR) is 92.4 cm³/mol. The van der Waals surface area contributed by atoms with E-state index in [0.29, 0.717) is 5.02 Å². The largest absolute Gasteiger partial charge is 0.457 e. The Balaban J connectivity index is 2.14. The third-order valence-electron chi connectivity index (χ3n) is 3.40. The highest BCUT2D eigenvalue weighted by atomic mass is 79.9. The maximum atomic E-state index is 6.31. The van der Waals surface area contributed by atoms with E-state index in [1.54, 1.807) is 0 Å². The van der Waals surface area contributed by atoms with Crippen molar-refractivity contribution >= 4 is 27.5 Å². The van der Waals surface area contributed by atoms with Crippen LogP contribution in [-0.4, -0.2) is 6.04 Å². The summed E-state index contributed by atoms with van der Waals surface area (Å²) in [6, 6.07) is 11.8. The Morgan fingerprint density at radius 2 is 1.86 bits per heavy atom. The lowest BCUT2D eigenvalue weighted by atomic mass is 10.0. The van der Waals surface area contributed by atoms with Crippen molar-refractivity contribution < 1.29 is 4.74 Å². The van der Waals surface area contributed by atoms with E-state index in [-0.39, 0.29) is 6.04 Å². The Hall–Kier alpha value is -1.03. The molecule has 2 rings (SSSR count). The van der Waals surface area contributed by atoms with Crippen LogP contribution in [0.4, 0.5) is 0 Å².